The predicted octanol–water partition coefficient (Wildman–Crippen LogP) is 6.07. The van der Waals surface area contributed by atoms with Crippen LogP contribution in [-0.4, -0.2) is 7.11 Å². The molecule has 0 bridgehead atoms. The van der Waals surface area contributed by atoms with Crippen molar-refractivity contribution in [1.82, 2.24) is 0 Å². The van der Waals surface area contributed by atoms with E-state index in [1.807, 2.05) is 12.1 Å². The third-order valence-electron chi connectivity index (χ3n) is 4.63. The summed E-state index contributed by atoms with van der Waals surface area (Å²) in [7, 11) is 1.48. The van der Waals surface area contributed by atoms with Crippen LogP contribution in [0.25, 0.3) is 10.8 Å². The third-order valence-corrected chi connectivity index (χ3v) is 4.63. The lowest BCUT2D eigenvalue weighted by Crippen LogP contribution is -1.87. The predicted molar refractivity (Wildman–Crippen MR) is 115 cm³/mol. The fraction of sp³-hybridized carbons (Fsp3) is 0.0370. The smallest absolute Gasteiger partial charge is 0.159 e. The Balaban J connectivity index is 1.52. The summed E-state index contributed by atoms with van der Waals surface area (Å²) in [5.41, 5.74) is 2.48. The van der Waals surface area contributed by atoms with Gasteiger partial charge in [0.05, 0.1) is 12.7 Å². The molecule has 0 N–H and O–H groups in total. The first-order chi connectivity index (χ1) is 15.0. The van der Waals surface area contributed by atoms with Crippen LogP contribution in [0.15, 0.2) is 72.8 Å². The molecule has 0 unspecified atom stereocenters. The van der Waals surface area contributed by atoms with Gasteiger partial charge >= 0.3 is 0 Å². The quantitative estimate of drug-likeness (QED) is 0.345. The number of halogens is 3. The average Bonchev–Trinajstić information content (AvgIpc) is 2.78. The molecule has 0 aliphatic rings. The summed E-state index contributed by atoms with van der Waals surface area (Å²) in [6.07, 6.45) is 0. The summed E-state index contributed by atoms with van der Waals surface area (Å²) >= 11 is 0. The van der Waals surface area contributed by atoms with E-state index in [1.165, 1.54) is 19.2 Å². The Bertz CT molecular complexity index is 1400. The van der Waals surface area contributed by atoms with E-state index in [9.17, 15) is 13.2 Å². The maximum absolute atomic E-state index is 14.0. The number of hydrogen-bond donors (Lipinski definition) is 0. The topological polar surface area (TPSA) is 9.23 Å². The van der Waals surface area contributed by atoms with Gasteiger partial charge in [0.15, 0.2) is 11.6 Å². The van der Waals surface area contributed by atoms with Gasteiger partial charge in [-0.3, -0.25) is 0 Å². The molecule has 0 saturated carbocycles. The largest absolute Gasteiger partial charge is 0.497 e. The van der Waals surface area contributed by atoms with Crippen molar-refractivity contribution in [3.8, 4) is 29.4 Å². The Morgan fingerprint density at radius 2 is 1.13 bits per heavy atom. The standard InChI is InChI=1S/C27H15F3O/c1-31-24-13-12-21(25(28)17-24)10-8-19-4-2-18(3-5-19)6-7-20-9-11-22-15-26(29)27(30)16-23(22)14-20/h2-5,9,11-17H,1H3. The lowest BCUT2D eigenvalue weighted by Gasteiger charge is -2.00. The third kappa shape index (κ3) is 4.71. The van der Waals surface area contributed by atoms with Crippen molar-refractivity contribution < 1.29 is 17.9 Å². The van der Waals surface area contributed by atoms with E-state index in [-0.39, 0.29) is 5.56 Å². The zero-order valence-electron chi connectivity index (χ0n) is 16.5. The fourth-order valence-corrected chi connectivity index (χ4v) is 2.96. The normalized spacial score (nSPS) is 10.1. The van der Waals surface area contributed by atoms with E-state index in [0.717, 1.165) is 17.2 Å². The number of methoxy groups -OCH3 is 1. The lowest BCUT2D eigenvalue weighted by atomic mass is 10.1. The van der Waals surface area contributed by atoms with E-state index in [0.29, 0.717) is 22.1 Å². The van der Waals surface area contributed by atoms with Crippen LogP contribution < -0.4 is 4.74 Å². The van der Waals surface area contributed by atoms with Crippen molar-refractivity contribution in [2.45, 2.75) is 0 Å². The van der Waals surface area contributed by atoms with Crippen molar-refractivity contribution in [3.05, 3.63) is 113 Å². The molecule has 0 aromatic heterocycles. The zero-order chi connectivity index (χ0) is 21.8. The second kappa shape index (κ2) is 8.69. The van der Waals surface area contributed by atoms with Gasteiger partial charge < -0.3 is 4.74 Å². The highest BCUT2D eigenvalue weighted by molar-refractivity contribution is 5.84. The lowest BCUT2D eigenvalue weighted by molar-refractivity contribution is 0.411. The Hall–Kier alpha value is -4.15. The summed E-state index contributed by atoms with van der Waals surface area (Å²) in [6.45, 7) is 0. The minimum Gasteiger partial charge on any atom is -0.497 e. The highest BCUT2D eigenvalue weighted by atomic mass is 19.2. The molecule has 4 heteroatoms. The van der Waals surface area contributed by atoms with Crippen molar-refractivity contribution >= 4 is 10.8 Å². The first-order valence-corrected chi connectivity index (χ1v) is 9.38. The highest BCUT2D eigenvalue weighted by Crippen LogP contribution is 2.20. The van der Waals surface area contributed by atoms with Gasteiger partial charge in [0.25, 0.3) is 0 Å². The molecule has 4 aromatic carbocycles. The van der Waals surface area contributed by atoms with Crippen LogP contribution in [-0.2, 0) is 0 Å². The number of ether oxygens (including phenoxy) is 1. The van der Waals surface area contributed by atoms with Gasteiger partial charge in [0.2, 0.25) is 0 Å². The van der Waals surface area contributed by atoms with Crippen molar-refractivity contribution in [2.24, 2.45) is 0 Å². The second-order valence-corrected chi connectivity index (χ2v) is 6.75. The number of hydrogen-bond acceptors (Lipinski definition) is 1. The minimum atomic E-state index is -0.885. The molecule has 0 aliphatic carbocycles. The molecular formula is C27H15F3O. The fourth-order valence-electron chi connectivity index (χ4n) is 2.96. The minimum absolute atomic E-state index is 0.289. The molecule has 0 fully saturated rings. The van der Waals surface area contributed by atoms with Crippen LogP contribution in [0.1, 0.15) is 22.3 Å². The molecule has 0 radical (unpaired) electrons. The first-order valence-electron chi connectivity index (χ1n) is 9.38. The highest BCUT2D eigenvalue weighted by Gasteiger charge is 2.04. The molecule has 0 amide bonds. The average molecular weight is 412 g/mol. The van der Waals surface area contributed by atoms with Gasteiger partial charge in [-0.1, -0.05) is 29.7 Å². The van der Waals surface area contributed by atoms with Crippen molar-refractivity contribution in [3.63, 3.8) is 0 Å². The summed E-state index contributed by atoms with van der Waals surface area (Å²) in [5.74, 6) is 10.0. The Morgan fingerprint density at radius 1 is 0.548 bits per heavy atom. The summed E-state index contributed by atoms with van der Waals surface area (Å²) in [6, 6.07) is 19.3. The summed E-state index contributed by atoms with van der Waals surface area (Å²) in [5, 5.41) is 1.20. The van der Waals surface area contributed by atoms with E-state index < -0.39 is 17.5 Å². The van der Waals surface area contributed by atoms with Gasteiger partial charge in [-0.15, -0.1) is 0 Å². The SMILES string of the molecule is COc1ccc(C#Cc2ccc(C#Cc3ccc4cc(F)c(F)cc4c3)cc2)c(F)c1. The molecule has 0 aliphatic heterocycles. The van der Waals surface area contributed by atoms with Crippen molar-refractivity contribution in [1.29, 1.82) is 0 Å². The van der Waals surface area contributed by atoms with E-state index in [2.05, 4.69) is 23.7 Å². The van der Waals surface area contributed by atoms with Crippen LogP contribution in [0.5, 0.6) is 5.75 Å². The maximum atomic E-state index is 14.0. The van der Waals surface area contributed by atoms with Crippen LogP contribution >= 0.6 is 0 Å². The molecule has 4 aromatic rings. The van der Waals surface area contributed by atoms with E-state index >= 15 is 0 Å². The van der Waals surface area contributed by atoms with E-state index in [4.69, 9.17) is 4.74 Å². The second-order valence-electron chi connectivity index (χ2n) is 6.75. The number of rotatable bonds is 1. The van der Waals surface area contributed by atoms with Crippen LogP contribution in [0.3, 0.4) is 0 Å². The van der Waals surface area contributed by atoms with Gasteiger partial charge in [0, 0.05) is 22.8 Å². The monoisotopic (exact) mass is 412 g/mol. The first kappa shape index (κ1) is 20.1. The summed E-state index contributed by atoms with van der Waals surface area (Å²) in [4.78, 5) is 0. The van der Waals surface area contributed by atoms with E-state index in [1.54, 1.807) is 42.5 Å². The van der Waals surface area contributed by atoms with Gasteiger partial charge in [0.1, 0.15) is 11.6 Å². The Labute approximate surface area is 178 Å². The molecule has 150 valence electrons. The number of benzene rings is 4. The molecule has 0 heterocycles. The van der Waals surface area contributed by atoms with Crippen LogP contribution in [0.2, 0.25) is 0 Å². The zero-order valence-corrected chi connectivity index (χ0v) is 16.5. The molecule has 31 heavy (non-hydrogen) atoms. The van der Waals surface area contributed by atoms with Crippen LogP contribution in [0.4, 0.5) is 13.2 Å². The summed E-state index contributed by atoms with van der Waals surface area (Å²) < 4.78 is 45.7. The van der Waals surface area contributed by atoms with Gasteiger partial charge in [-0.25, -0.2) is 13.2 Å². The number of fused-ring (bicyclic) bond motifs is 1. The molecule has 0 atom stereocenters. The Morgan fingerprint density at radius 3 is 1.77 bits per heavy atom. The molecule has 0 spiro atoms. The Kier molecular flexibility index (Phi) is 5.65. The maximum Gasteiger partial charge on any atom is 0.159 e. The van der Waals surface area contributed by atoms with Gasteiger partial charge in [-0.2, -0.15) is 0 Å². The molecule has 4 rings (SSSR count). The van der Waals surface area contributed by atoms with Crippen LogP contribution in [0, 0.1) is 41.1 Å². The van der Waals surface area contributed by atoms with Crippen molar-refractivity contribution in [2.75, 3.05) is 7.11 Å². The molecule has 0 saturated heterocycles. The van der Waals surface area contributed by atoms with Gasteiger partial charge in [-0.05, 0) is 71.4 Å². The molecular weight excluding hydrogens is 397 g/mol. The molecule has 1 nitrogen and oxygen atoms in total.